The molecule has 0 aliphatic rings. The van der Waals surface area contributed by atoms with Gasteiger partial charge in [-0.15, -0.1) is 0 Å². The average molecular weight is 802 g/mol. The second-order valence-corrected chi connectivity index (χ2v) is 11.1. The zero-order valence-electron chi connectivity index (χ0n) is 31.0. The molecular weight excluding hydrogens is 758 g/mol. The SMILES string of the molecule is COc1cc(C(=O)NCC(=O)O)ccc1O.COc1cc(C(=O)O)ccc1O.COc1cc(C(O)CC(=O)O)ccc1O.COc1cc(CCC(=O)O)ccc1O. The number of hydrogen-bond donors (Lipinski definition) is 10. The van der Waals surface area contributed by atoms with E-state index in [4.69, 9.17) is 44.5 Å². The Bertz CT molecular complexity index is 1980. The standard InChI is InChI=1S/C10H11NO5.C10H12O5.C10H12O4.C8H8O4/c1-16-8-4-6(2-3-7(8)12)10(15)11-5-9(13)14;1-15-9-4-6(2-3-7(9)11)8(12)5-10(13)14;1-14-9-6-7(2-4-8(9)11)3-5-10(12)13;1-12-7-4-5(8(10)11)2-3-6(7)9/h2-4,12H,5H2,1H3,(H,11,15)(H,13,14);2-4,8,11-12H,5H2,1H3,(H,13,14);2,4,6,11H,3,5H2,1H3,(H,12,13);2-4,9H,1H3,(H,10,11). The van der Waals surface area contributed by atoms with E-state index < -0.39 is 42.4 Å². The van der Waals surface area contributed by atoms with Crippen molar-refractivity contribution >= 4 is 29.8 Å². The molecule has 4 aromatic carbocycles. The summed E-state index contributed by atoms with van der Waals surface area (Å²) in [6.07, 6.45) is -0.967. The Morgan fingerprint density at radius 1 is 0.561 bits per heavy atom. The van der Waals surface area contributed by atoms with Crippen LogP contribution in [0.4, 0.5) is 0 Å². The Kier molecular flexibility index (Phi) is 20.1. The molecule has 308 valence electrons. The molecule has 0 heterocycles. The lowest BCUT2D eigenvalue weighted by Gasteiger charge is -2.10. The zero-order valence-corrected chi connectivity index (χ0v) is 31.0. The number of ether oxygens (including phenoxy) is 4. The van der Waals surface area contributed by atoms with Crippen molar-refractivity contribution in [3.63, 3.8) is 0 Å². The largest absolute Gasteiger partial charge is 0.504 e. The number of aryl methyl sites for hydroxylation is 1. The van der Waals surface area contributed by atoms with Crippen molar-refractivity contribution in [1.29, 1.82) is 0 Å². The Balaban J connectivity index is 0.000000382. The van der Waals surface area contributed by atoms with Crippen LogP contribution in [0, 0.1) is 0 Å². The lowest BCUT2D eigenvalue weighted by atomic mass is 10.1. The number of hydrogen-bond acceptors (Lipinski definition) is 14. The van der Waals surface area contributed by atoms with E-state index in [-0.39, 0.29) is 64.2 Å². The van der Waals surface area contributed by atoms with E-state index in [2.05, 4.69) is 5.32 Å². The molecule has 0 bridgehead atoms. The summed E-state index contributed by atoms with van der Waals surface area (Å²) in [5.74, 6) is -3.89. The van der Waals surface area contributed by atoms with Crippen LogP contribution in [0.5, 0.6) is 46.0 Å². The van der Waals surface area contributed by atoms with Gasteiger partial charge >= 0.3 is 23.9 Å². The highest BCUT2D eigenvalue weighted by atomic mass is 16.5. The van der Waals surface area contributed by atoms with Crippen LogP contribution in [0.3, 0.4) is 0 Å². The first-order chi connectivity index (χ1) is 26.9. The Morgan fingerprint density at radius 2 is 1.00 bits per heavy atom. The van der Waals surface area contributed by atoms with Crippen LogP contribution in [0.15, 0.2) is 72.8 Å². The normalized spacial score (nSPS) is 10.3. The lowest BCUT2D eigenvalue weighted by molar-refractivity contribution is -0.139. The van der Waals surface area contributed by atoms with E-state index >= 15 is 0 Å². The monoisotopic (exact) mass is 801 g/mol. The molecule has 19 nitrogen and oxygen atoms in total. The highest BCUT2D eigenvalue weighted by Gasteiger charge is 2.14. The first kappa shape index (κ1) is 47.6. The van der Waals surface area contributed by atoms with Crippen molar-refractivity contribution < 1.29 is 88.9 Å². The van der Waals surface area contributed by atoms with Gasteiger partial charge in [-0.3, -0.25) is 19.2 Å². The molecule has 0 spiro atoms. The Labute approximate surface area is 325 Å². The minimum absolute atomic E-state index is 0.0521. The van der Waals surface area contributed by atoms with Crippen molar-refractivity contribution in [3.05, 3.63) is 95.1 Å². The summed E-state index contributed by atoms with van der Waals surface area (Å²) < 4.78 is 19.3. The number of aromatic hydroxyl groups is 4. The summed E-state index contributed by atoms with van der Waals surface area (Å²) in [6.45, 7) is -0.456. The highest BCUT2D eigenvalue weighted by Crippen LogP contribution is 2.30. The molecule has 0 radical (unpaired) electrons. The van der Waals surface area contributed by atoms with Gasteiger partial charge in [0.15, 0.2) is 46.0 Å². The van der Waals surface area contributed by atoms with Gasteiger partial charge in [-0.05, 0) is 78.2 Å². The molecule has 4 aromatic rings. The predicted molar refractivity (Wildman–Crippen MR) is 199 cm³/mol. The average Bonchev–Trinajstić information content (AvgIpc) is 3.17. The number of aromatic carboxylic acids is 1. The summed E-state index contributed by atoms with van der Waals surface area (Å²) in [4.78, 5) is 52.8. The third-order valence-electron chi connectivity index (χ3n) is 7.10. The topological polar surface area (TPSA) is 316 Å². The third kappa shape index (κ3) is 17.1. The number of rotatable bonds is 14. The second-order valence-electron chi connectivity index (χ2n) is 11.1. The van der Waals surface area contributed by atoms with E-state index in [1.165, 1.54) is 89.1 Å². The number of benzene rings is 4. The number of phenols is 4. The molecule has 19 heteroatoms. The third-order valence-corrected chi connectivity index (χ3v) is 7.10. The second kappa shape index (κ2) is 24.1. The van der Waals surface area contributed by atoms with E-state index in [0.717, 1.165) is 5.56 Å². The van der Waals surface area contributed by atoms with Crippen LogP contribution in [-0.4, -0.2) is 111 Å². The number of methoxy groups -OCH3 is 4. The number of aliphatic carboxylic acids is 3. The Hall–Kier alpha value is -7.41. The van der Waals surface area contributed by atoms with E-state index in [9.17, 15) is 44.4 Å². The minimum atomic E-state index is -1.13. The van der Waals surface area contributed by atoms with Crippen LogP contribution in [0.1, 0.15) is 50.8 Å². The lowest BCUT2D eigenvalue weighted by Crippen LogP contribution is -2.29. The fourth-order valence-electron chi connectivity index (χ4n) is 4.20. The number of aliphatic hydroxyl groups excluding tert-OH is 1. The van der Waals surface area contributed by atoms with Gasteiger partial charge in [0.25, 0.3) is 5.91 Å². The van der Waals surface area contributed by atoms with Gasteiger partial charge in [0.1, 0.15) is 6.54 Å². The molecule has 4 rings (SSSR count). The van der Waals surface area contributed by atoms with E-state index in [1.54, 1.807) is 12.1 Å². The first-order valence-corrected chi connectivity index (χ1v) is 16.2. The molecule has 10 N–H and O–H groups in total. The summed E-state index contributed by atoms with van der Waals surface area (Å²) in [7, 11) is 5.55. The molecule has 0 saturated carbocycles. The van der Waals surface area contributed by atoms with Gasteiger partial charge < -0.3 is 70.2 Å². The molecule has 0 aliphatic heterocycles. The number of phenolic OH excluding ortho intramolecular Hbond substituents is 4. The van der Waals surface area contributed by atoms with Crippen LogP contribution in [-0.2, 0) is 20.8 Å². The maximum absolute atomic E-state index is 11.4. The number of aliphatic hydroxyl groups is 1. The Morgan fingerprint density at radius 3 is 1.46 bits per heavy atom. The molecule has 1 atom stereocenters. The maximum Gasteiger partial charge on any atom is 0.335 e. The van der Waals surface area contributed by atoms with Gasteiger partial charge in [-0.2, -0.15) is 0 Å². The molecule has 0 saturated heterocycles. The van der Waals surface area contributed by atoms with Gasteiger partial charge in [0, 0.05) is 12.0 Å². The van der Waals surface area contributed by atoms with Gasteiger partial charge in [-0.1, -0.05) is 12.1 Å². The maximum atomic E-state index is 11.4. The van der Waals surface area contributed by atoms with Gasteiger partial charge in [0.05, 0.1) is 46.5 Å². The zero-order chi connectivity index (χ0) is 43.2. The van der Waals surface area contributed by atoms with Crippen molar-refractivity contribution in [2.24, 2.45) is 0 Å². The van der Waals surface area contributed by atoms with Crippen LogP contribution >= 0.6 is 0 Å². The summed E-state index contributed by atoms with van der Waals surface area (Å²) >= 11 is 0. The number of carboxylic acid groups (broad SMARTS) is 4. The van der Waals surface area contributed by atoms with Crippen LogP contribution in [0.25, 0.3) is 0 Å². The fraction of sp³-hybridized carbons (Fsp3) is 0.237. The van der Waals surface area contributed by atoms with Crippen molar-refractivity contribution in [2.75, 3.05) is 35.0 Å². The van der Waals surface area contributed by atoms with Crippen molar-refractivity contribution in [1.82, 2.24) is 5.32 Å². The van der Waals surface area contributed by atoms with Crippen LogP contribution in [0.2, 0.25) is 0 Å². The highest BCUT2D eigenvalue weighted by molar-refractivity contribution is 5.96. The van der Waals surface area contributed by atoms with E-state index in [1.807, 2.05) is 0 Å². The van der Waals surface area contributed by atoms with Crippen molar-refractivity contribution in [3.8, 4) is 46.0 Å². The van der Waals surface area contributed by atoms with E-state index in [0.29, 0.717) is 17.7 Å². The number of carbonyl (C=O) groups excluding carboxylic acids is 1. The van der Waals surface area contributed by atoms with Gasteiger partial charge in [0.2, 0.25) is 0 Å². The molecule has 0 aromatic heterocycles. The van der Waals surface area contributed by atoms with Crippen LogP contribution < -0.4 is 24.3 Å². The number of carboxylic acids is 4. The number of amides is 1. The molecule has 57 heavy (non-hydrogen) atoms. The fourth-order valence-corrected chi connectivity index (χ4v) is 4.20. The molecule has 1 amide bonds. The number of carbonyl (C=O) groups is 5. The summed E-state index contributed by atoms with van der Waals surface area (Å²) in [5.41, 5.74) is 1.54. The first-order valence-electron chi connectivity index (χ1n) is 16.2. The number of nitrogens with one attached hydrogen (secondary N) is 1. The van der Waals surface area contributed by atoms with Gasteiger partial charge in [-0.25, -0.2) is 4.79 Å². The molecule has 0 fully saturated rings. The summed E-state index contributed by atoms with van der Waals surface area (Å²) in [6, 6.07) is 16.9. The van der Waals surface area contributed by atoms with Crippen molar-refractivity contribution in [2.45, 2.75) is 25.4 Å². The molecule has 1 unspecified atom stereocenters. The minimum Gasteiger partial charge on any atom is -0.504 e. The summed E-state index contributed by atoms with van der Waals surface area (Å²) in [5, 5.41) is 82.5. The quantitative estimate of drug-likeness (QED) is 0.0870. The smallest absolute Gasteiger partial charge is 0.335 e. The molecular formula is C38H43NO18. The predicted octanol–water partition coefficient (Wildman–Crippen LogP) is 3.64. The molecule has 0 aliphatic carbocycles.